The van der Waals surface area contributed by atoms with E-state index in [0.717, 1.165) is 36.2 Å². The van der Waals surface area contributed by atoms with Crippen molar-refractivity contribution in [2.45, 2.75) is 33.1 Å². The number of carbonyl (C=O) groups is 1. The van der Waals surface area contributed by atoms with Gasteiger partial charge >= 0.3 is 0 Å². The monoisotopic (exact) mass is 346 g/mol. The van der Waals surface area contributed by atoms with Gasteiger partial charge in [-0.3, -0.25) is 15.2 Å². The summed E-state index contributed by atoms with van der Waals surface area (Å²) in [7, 11) is 0. The fourth-order valence-electron chi connectivity index (χ4n) is 4.78. The number of para-hydroxylation sites is 2. The van der Waals surface area contributed by atoms with Gasteiger partial charge in [-0.15, -0.1) is 0 Å². The summed E-state index contributed by atoms with van der Waals surface area (Å²) in [5.74, 6) is 0.630. The van der Waals surface area contributed by atoms with Gasteiger partial charge in [-0.05, 0) is 54.9 Å². The van der Waals surface area contributed by atoms with Gasteiger partial charge in [0.25, 0.3) is 0 Å². The molecule has 2 aliphatic carbocycles. The van der Waals surface area contributed by atoms with Crippen LogP contribution in [-0.4, -0.2) is 5.91 Å². The maximum absolute atomic E-state index is 13.5. The third-order valence-corrected chi connectivity index (χ3v) is 6.57. The molecule has 0 radical (unpaired) electrons. The number of nitrogens with zero attached hydrogens (tertiary/aromatic N) is 1. The molecule has 2 aromatic carbocycles. The Labute approximate surface area is 155 Å². The van der Waals surface area contributed by atoms with E-state index in [2.05, 4.69) is 25.9 Å². The van der Waals surface area contributed by atoms with Crippen molar-refractivity contribution >= 4 is 17.3 Å². The predicted octanol–water partition coefficient (Wildman–Crippen LogP) is 5.24. The summed E-state index contributed by atoms with van der Waals surface area (Å²) in [4.78, 5) is 13.5. The molecule has 3 heteroatoms. The maximum atomic E-state index is 13.5. The molecule has 2 atom stereocenters. The van der Waals surface area contributed by atoms with Crippen LogP contribution >= 0.6 is 0 Å². The average Bonchev–Trinajstić information content (AvgIpc) is 3.20. The van der Waals surface area contributed by atoms with Gasteiger partial charge < -0.3 is 0 Å². The molecule has 0 spiro atoms. The Morgan fingerprint density at radius 2 is 1.58 bits per heavy atom. The molecule has 2 aliphatic rings. The summed E-state index contributed by atoms with van der Waals surface area (Å²) < 4.78 is 0. The number of hydrogen-bond donors (Lipinski definition) is 1. The second kappa shape index (κ2) is 6.01. The van der Waals surface area contributed by atoms with E-state index in [1.165, 1.54) is 0 Å². The van der Waals surface area contributed by atoms with Crippen LogP contribution in [0.2, 0.25) is 0 Å². The van der Waals surface area contributed by atoms with Gasteiger partial charge in [0.2, 0.25) is 5.91 Å². The number of anilines is 2. The highest BCUT2D eigenvalue weighted by Gasteiger charge is 2.61. The minimum absolute atomic E-state index is 0.0416. The molecule has 1 N–H and O–H groups in total. The van der Waals surface area contributed by atoms with Crippen molar-refractivity contribution in [1.29, 1.82) is 0 Å². The SMILES string of the molecule is C=C1C(C)(C)[C@@H]2CC[C@]1(C(=O)NN(c1ccccc1)c1ccccc1)C2. The molecule has 0 heterocycles. The number of amides is 1. The lowest BCUT2D eigenvalue weighted by Crippen LogP contribution is -2.48. The summed E-state index contributed by atoms with van der Waals surface area (Å²) in [6, 6.07) is 19.9. The number of fused-ring (bicyclic) bond motifs is 2. The van der Waals surface area contributed by atoms with Gasteiger partial charge in [-0.1, -0.05) is 62.4 Å². The first-order chi connectivity index (χ1) is 12.4. The number of hydrogen-bond acceptors (Lipinski definition) is 2. The fourth-order valence-corrected chi connectivity index (χ4v) is 4.78. The number of benzene rings is 2. The van der Waals surface area contributed by atoms with E-state index in [1.807, 2.05) is 65.7 Å². The number of hydrazine groups is 1. The van der Waals surface area contributed by atoms with Gasteiger partial charge in [0.15, 0.2) is 0 Å². The minimum atomic E-state index is -0.435. The van der Waals surface area contributed by atoms with Crippen LogP contribution < -0.4 is 10.4 Å². The van der Waals surface area contributed by atoms with Crippen LogP contribution in [0.4, 0.5) is 11.4 Å². The third kappa shape index (κ3) is 2.45. The van der Waals surface area contributed by atoms with Crippen LogP contribution in [0, 0.1) is 16.7 Å². The van der Waals surface area contributed by atoms with Gasteiger partial charge in [-0.2, -0.15) is 0 Å². The Kier molecular flexibility index (Phi) is 3.91. The highest BCUT2D eigenvalue weighted by atomic mass is 16.2. The summed E-state index contributed by atoms with van der Waals surface area (Å²) >= 11 is 0. The molecule has 26 heavy (non-hydrogen) atoms. The first-order valence-corrected chi connectivity index (χ1v) is 9.36. The Morgan fingerprint density at radius 3 is 2.04 bits per heavy atom. The van der Waals surface area contributed by atoms with Crippen molar-refractivity contribution in [1.82, 2.24) is 5.43 Å². The lowest BCUT2D eigenvalue weighted by atomic mass is 9.68. The molecule has 2 fully saturated rings. The van der Waals surface area contributed by atoms with Crippen LogP contribution in [0.25, 0.3) is 0 Å². The van der Waals surface area contributed by atoms with E-state index in [9.17, 15) is 4.79 Å². The topological polar surface area (TPSA) is 32.3 Å². The van der Waals surface area contributed by atoms with E-state index in [4.69, 9.17) is 0 Å². The lowest BCUT2D eigenvalue weighted by molar-refractivity contribution is -0.128. The van der Waals surface area contributed by atoms with Crippen LogP contribution in [0.5, 0.6) is 0 Å². The van der Waals surface area contributed by atoms with Crippen molar-refractivity contribution in [2.24, 2.45) is 16.7 Å². The summed E-state index contributed by atoms with van der Waals surface area (Å²) in [5, 5.41) is 1.89. The highest BCUT2D eigenvalue weighted by molar-refractivity contribution is 5.90. The van der Waals surface area contributed by atoms with Crippen LogP contribution in [0.3, 0.4) is 0 Å². The third-order valence-electron chi connectivity index (χ3n) is 6.57. The van der Waals surface area contributed by atoms with E-state index in [1.54, 1.807) is 0 Å². The van der Waals surface area contributed by atoms with E-state index in [-0.39, 0.29) is 11.3 Å². The molecule has 0 aromatic heterocycles. The van der Waals surface area contributed by atoms with Crippen molar-refractivity contribution in [3.63, 3.8) is 0 Å². The molecule has 0 aliphatic heterocycles. The number of nitrogens with one attached hydrogen (secondary N) is 1. The van der Waals surface area contributed by atoms with Gasteiger partial charge in [0, 0.05) is 0 Å². The van der Waals surface area contributed by atoms with Crippen LogP contribution in [0.1, 0.15) is 33.1 Å². The lowest BCUT2D eigenvalue weighted by Gasteiger charge is -2.38. The molecular weight excluding hydrogens is 320 g/mol. The molecule has 0 unspecified atom stereocenters. The maximum Gasteiger partial charge on any atom is 0.249 e. The molecule has 0 saturated heterocycles. The highest BCUT2D eigenvalue weighted by Crippen LogP contribution is 2.65. The normalized spacial score (nSPS) is 25.9. The van der Waals surface area contributed by atoms with Gasteiger partial charge in [0.1, 0.15) is 0 Å². The average molecular weight is 346 g/mol. The van der Waals surface area contributed by atoms with Crippen LogP contribution in [-0.2, 0) is 4.79 Å². The summed E-state index contributed by atoms with van der Waals surface area (Å²) in [6.45, 7) is 8.83. The molecule has 2 bridgehead atoms. The van der Waals surface area contributed by atoms with Crippen molar-refractivity contribution < 1.29 is 4.79 Å². The number of carbonyl (C=O) groups excluding carboxylic acids is 1. The van der Waals surface area contributed by atoms with Crippen molar-refractivity contribution in [2.75, 3.05) is 5.01 Å². The second-order valence-corrected chi connectivity index (χ2v) is 8.17. The summed E-state index contributed by atoms with van der Waals surface area (Å²) in [6.07, 6.45) is 2.93. The molecule has 1 amide bonds. The Hall–Kier alpha value is -2.55. The molecular formula is C23H26N2O. The quantitative estimate of drug-likeness (QED) is 0.606. The predicted molar refractivity (Wildman–Crippen MR) is 106 cm³/mol. The van der Waals surface area contributed by atoms with Gasteiger partial charge in [0.05, 0.1) is 16.8 Å². The van der Waals surface area contributed by atoms with Crippen molar-refractivity contribution in [3.8, 4) is 0 Å². The van der Waals surface area contributed by atoms with Crippen LogP contribution in [0.15, 0.2) is 72.8 Å². The fraction of sp³-hybridized carbons (Fsp3) is 0.348. The number of rotatable bonds is 4. The molecule has 4 rings (SSSR count). The molecule has 134 valence electrons. The Balaban J connectivity index is 1.67. The molecule has 2 saturated carbocycles. The molecule has 2 aromatic rings. The molecule has 3 nitrogen and oxygen atoms in total. The minimum Gasteiger partial charge on any atom is -0.272 e. The van der Waals surface area contributed by atoms with Gasteiger partial charge in [-0.25, -0.2) is 0 Å². The zero-order valence-corrected chi connectivity index (χ0v) is 15.5. The summed E-state index contributed by atoms with van der Waals surface area (Å²) in [5.41, 5.74) is 5.81. The zero-order valence-electron chi connectivity index (χ0n) is 15.5. The Bertz CT molecular complexity index is 788. The van der Waals surface area contributed by atoms with Crippen molar-refractivity contribution in [3.05, 3.63) is 72.8 Å². The van der Waals surface area contributed by atoms with E-state index >= 15 is 0 Å². The Morgan fingerprint density at radius 1 is 1.04 bits per heavy atom. The zero-order chi connectivity index (χ0) is 18.4. The van der Waals surface area contributed by atoms with E-state index < -0.39 is 5.41 Å². The van der Waals surface area contributed by atoms with E-state index in [0.29, 0.717) is 5.92 Å². The first-order valence-electron chi connectivity index (χ1n) is 9.36. The first kappa shape index (κ1) is 16.9. The second-order valence-electron chi connectivity index (χ2n) is 8.17. The largest absolute Gasteiger partial charge is 0.272 e. The standard InChI is InChI=1S/C23H26N2O/c1-17-22(2,3)18-14-15-23(17,16-18)21(26)24-25(19-10-6-4-7-11-19)20-12-8-5-9-13-20/h4-13,18H,1,14-16H2,2-3H3,(H,24,26)/t18-,23+/m1/s1. The smallest absolute Gasteiger partial charge is 0.249 e.